The third kappa shape index (κ3) is 6.38. The van der Waals surface area contributed by atoms with Crippen molar-refractivity contribution in [3.63, 3.8) is 0 Å². The Kier molecular flexibility index (Phi) is 8.65. The Labute approximate surface area is 234 Å². The molecule has 3 aromatic carbocycles. The molecule has 0 atom stereocenters. The number of fused-ring (bicyclic) bond motifs is 1. The van der Waals surface area contributed by atoms with Gasteiger partial charge in [-0.05, 0) is 67.5 Å². The van der Waals surface area contributed by atoms with Crippen LogP contribution in [0.4, 0.5) is 0 Å². The lowest BCUT2D eigenvalue weighted by molar-refractivity contribution is 0.0949. The number of hydrogen-bond acceptors (Lipinski definition) is 4. The number of halogens is 2. The highest BCUT2D eigenvalue weighted by atomic mass is 35.5. The molecule has 198 valence electrons. The fraction of sp³-hybridized carbons (Fsp3) is 0.333. The molecule has 1 N–H and O–H groups in total. The molecule has 1 fully saturated rings. The maximum atomic E-state index is 12.7. The summed E-state index contributed by atoms with van der Waals surface area (Å²) in [6.45, 7) is 6.77. The number of amides is 1. The van der Waals surface area contributed by atoms with Gasteiger partial charge < -0.3 is 19.7 Å². The summed E-state index contributed by atoms with van der Waals surface area (Å²) in [5, 5.41) is 4.34. The molecule has 0 spiro atoms. The van der Waals surface area contributed by atoms with Crippen LogP contribution in [0.15, 0.2) is 66.7 Å². The van der Waals surface area contributed by atoms with Gasteiger partial charge in [0, 0.05) is 61.3 Å². The first-order chi connectivity index (χ1) is 18.5. The van der Waals surface area contributed by atoms with Crippen molar-refractivity contribution in [2.45, 2.75) is 19.4 Å². The summed E-state index contributed by atoms with van der Waals surface area (Å²) < 4.78 is 2.20. The molecule has 1 aliphatic heterocycles. The van der Waals surface area contributed by atoms with Crippen LogP contribution in [0.1, 0.15) is 33.7 Å². The van der Waals surface area contributed by atoms with E-state index in [1.807, 2.05) is 60.7 Å². The molecule has 6 nitrogen and oxygen atoms in total. The minimum Gasteiger partial charge on any atom is -0.352 e. The van der Waals surface area contributed by atoms with Crippen molar-refractivity contribution in [3.05, 3.63) is 99.3 Å². The Morgan fingerprint density at radius 2 is 1.63 bits per heavy atom. The molecule has 0 aliphatic carbocycles. The van der Waals surface area contributed by atoms with E-state index in [2.05, 4.69) is 32.8 Å². The van der Waals surface area contributed by atoms with Gasteiger partial charge in [0.1, 0.15) is 5.82 Å². The third-order valence-electron chi connectivity index (χ3n) is 7.22. The Morgan fingerprint density at radius 1 is 0.921 bits per heavy atom. The van der Waals surface area contributed by atoms with Crippen LogP contribution in [0.25, 0.3) is 11.0 Å². The highest BCUT2D eigenvalue weighted by molar-refractivity contribution is 6.36. The minimum absolute atomic E-state index is 0.0305. The first kappa shape index (κ1) is 26.7. The summed E-state index contributed by atoms with van der Waals surface area (Å²) in [5.41, 5.74) is 4.61. The first-order valence-corrected chi connectivity index (χ1v) is 13.9. The third-order valence-corrected chi connectivity index (χ3v) is 7.93. The molecular weight excluding hydrogens is 517 g/mol. The molecule has 1 aromatic heterocycles. The van der Waals surface area contributed by atoms with Gasteiger partial charge in [-0.3, -0.25) is 4.79 Å². The van der Waals surface area contributed by atoms with E-state index in [-0.39, 0.29) is 5.91 Å². The second kappa shape index (κ2) is 12.3. The maximum absolute atomic E-state index is 12.7. The van der Waals surface area contributed by atoms with E-state index in [9.17, 15) is 4.79 Å². The van der Waals surface area contributed by atoms with Crippen LogP contribution >= 0.6 is 23.2 Å². The summed E-state index contributed by atoms with van der Waals surface area (Å²) >= 11 is 12.9. The largest absolute Gasteiger partial charge is 0.352 e. The van der Waals surface area contributed by atoms with Crippen LogP contribution in [0.5, 0.6) is 0 Å². The predicted octanol–water partition coefficient (Wildman–Crippen LogP) is 5.35. The fourth-order valence-corrected chi connectivity index (χ4v) is 5.45. The van der Waals surface area contributed by atoms with Gasteiger partial charge in [-0.2, -0.15) is 0 Å². The van der Waals surface area contributed by atoms with E-state index in [0.717, 1.165) is 67.1 Å². The average molecular weight is 551 g/mol. The van der Waals surface area contributed by atoms with Gasteiger partial charge in [0.2, 0.25) is 0 Å². The molecule has 8 heteroatoms. The molecule has 1 amide bonds. The number of rotatable bonds is 9. The van der Waals surface area contributed by atoms with E-state index in [1.54, 1.807) is 0 Å². The number of carbonyl (C=O) groups excluding carboxylic acids is 1. The van der Waals surface area contributed by atoms with Crippen LogP contribution in [-0.4, -0.2) is 71.6 Å². The molecule has 1 aliphatic rings. The van der Waals surface area contributed by atoms with Crippen LogP contribution in [-0.2, 0) is 13.0 Å². The highest BCUT2D eigenvalue weighted by Crippen LogP contribution is 2.28. The topological polar surface area (TPSA) is 53.4 Å². The lowest BCUT2D eigenvalue weighted by Gasteiger charge is -2.32. The molecule has 0 bridgehead atoms. The van der Waals surface area contributed by atoms with Gasteiger partial charge in [-0.15, -0.1) is 0 Å². The van der Waals surface area contributed by atoms with Crippen LogP contribution < -0.4 is 5.32 Å². The lowest BCUT2D eigenvalue weighted by Crippen LogP contribution is -2.45. The zero-order valence-electron chi connectivity index (χ0n) is 21.7. The number of aromatic nitrogens is 2. The van der Waals surface area contributed by atoms with Crippen LogP contribution in [0, 0.1) is 0 Å². The van der Waals surface area contributed by atoms with Crippen molar-refractivity contribution in [3.8, 4) is 0 Å². The SMILES string of the molecule is CN1CCN(CCCNC(=O)c2ccc(Cn3c(Cc4c(Cl)cccc4Cl)nc4ccccc43)cc2)CC1. The number of likely N-dealkylation sites (N-methyl/N-ethyl adjacent to an activating group) is 1. The number of piperazine rings is 1. The zero-order chi connectivity index (χ0) is 26.5. The van der Waals surface area contributed by atoms with Gasteiger partial charge >= 0.3 is 0 Å². The van der Waals surface area contributed by atoms with Crippen molar-refractivity contribution in [1.29, 1.82) is 0 Å². The Morgan fingerprint density at radius 3 is 2.37 bits per heavy atom. The van der Waals surface area contributed by atoms with Gasteiger partial charge in [-0.1, -0.05) is 53.5 Å². The molecule has 4 aromatic rings. The van der Waals surface area contributed by atoms with Gasteiger partial charge in [0.15, 0.2) is 0 Å². The number of benzene rings is 3. The summed E-state index contributed by atoms with van der Waals surface area (Å²) in [7, 11) is 2.16. The zero-order valence-corrected chi connectivity index (χ0v) is 23.2. The Bertz CT molecular complexity index is 1370. The smallest absolute Gasteiger partial charge is 0.251 e. The van der Waals surface area contributed by atoms with Gasteiger partial charge in [0.05, 0.1) is 11.0 Å². The number of carbonyl (C=O) groups is 1. The highest BCUT2D eigenvalue weighted by Gasteiger charge is 2.16. The molecule has 0 radical (unpaired) electrons. The Balaban J connectivity index is 1.23. The van der Waals surface area contributed by atoms with Crippen LogP contribution in [0.2, 0.25) is 10.0 Å². The minimum atomic E-state index is -0.0305. The van der Waals surface area contributed by atoms with Crippen molar-refractivity contribution < 1.29 is 4.79 Å². The quantitative estimate of drug-likeness (QED) is 0.286. The maximum Gasteiger partial charge on any atom is 0.251 e. The number of hydrogen-bond donors (Lipinski definition) is 1. The van der Waals surface area contributed by atoms with E-state index < -0.39 is 0 Å². The number of nitrogens with one attached hydrogen (secondary N) is 1. The second-order valence-corrected chi connectivity index (χ2v) is 10.7. The second-order valence-electron chi connectivity index (χ2n) is 9.93. The van der Waals surface area contributed by atoms with Crippen molar-refractivity contribution in [1.82, 2.24) is 24.7 Å². The van der Waals surface area contributed by atoms with Crippen molar-refractivity contribution in [2.24, 2.45) is 0 Å². The molecule has 0 saturated carbocycles. The molecule has 2 heterocycles. The number of imidazole rings is 1. The average Bonchev–Trinajstić information content (AvgIpc) is 3.27. The number of nitrogens with zero attached hydrogens (tertiary/aromatic N) is 4. The van der Waals surface area contributed by atoms with Crippen LogP contribution in [0.3, 0.4) is 0 Å². The standard InChI is InChI=1S/C30H33Cl2N5O/c1-35-16-18-36(19-17-35)15-5-14-33-30(38)23-12-10-22(11-13-23)21-37-28-9-3-2-8-27(28)34-29(37)20-24-25(31)6-4-7-26(24)32/h2-4,6-13H,5,14-21H2,1H3,(H,33,38). The molecule has 1 saturated heterocycles. The van der Waals surface area contributed by atoms with Gasteiger partial charge in [-0.25, -0.2) is 4.98 Å². The summed E-state index contributed by atoms with van der Waals surface area (Å²) in [5.74, 6) is 0.862. The molecule has 0 unspecified atom stereocenters. The predicted molar refractivity (Wildman–Crippen MR) is 155 cm³/mol. The van der Waals surface area contributed by atoms with E-state index >= 15 is 0 Å². The lowest BCUT2D eigenvalue weighted by atomic mass is 10.1. The Hall–Kier alpha value is -2.90. The van der Waals surface area contributed by atoms with E-state index in [0.29, 0.717) is 35.1 Å². The van der Waals surface area contributed by atoms with Crippen molar-refractivity contribution in [2.75, 3.05) is 46.3 Å². The molecule has 38 heavy (non-hydrogen) atoms. The molecule has 5 rings (SSSR count). The summed E-state index contributed by atoms with van der Waals surface area (Å²) in [4.78, 5) is 22.4. The number of para-hydroxylation sites is 2. The van der Waals surface area contributed by atoms with Crippen molar-refractivity contribution >= 4 is 40.1 Å². The van der Waals surface area contributed by atoms with E-state index in [1.165, 1.54) is 0 Å². The normalized spacial score (nSPS) is 14.7. The monoisotopic (exact) mass is 549 g/mol. The molecular formula is C30H33Cl2N5O. The first-order valence-electron chi connectivity index (χ1n) is 13.1. The van der Waals surface area contributed by atoms with E-state index in [4.69, 9.17) is 28.2 Å². The van der Waals surface area contributed by atoms with Gasteiger partial charge in [0.25, 0.3) is 5.91 Å². The summed E-state index contributed by atoms with van der Waals surface area (Å²) in [6.07, 6.45) is 1.49. The fourth-order valence-electron chi connectivity index (χ4n) is 4.92. The summed E-state index contributed by atoms with van der Waals surface area (Å²) in [6, 6.07) is 21.5.